The number of carbonyl (C=O) groups is 1. The highest BCUT2D eigenvalue weighted by molar-refractivity contribution is 5.92. The number of tetrazole rings is 1. The second kappa shape index (κ2) is 8.28. The Kier molecular flexibility index (Phi) is 5.81. The predicted molar refractivity (Wildman–Crippen MR) is 103 cm³/mol. The number of anilines is 1. The Morgan fingerprint density at radius 3 is 2.75 bits per heavy atom. The second-order valence-electron chi connectivity index (χ2n) is 7.54. The molecule has 28 heavy (non-hydrogen) atoms. The topological polar surface area (TPSA) is 112 Å². The largest absolute Gasteiger partial charge is 0.339 e. The molecule has 3 rings (SSSR count). The van der Waals surface area contributed by atoms with Gasteiger partial charge in [0.25, 0.3) is 0 Å². The molecular formula is C19H25N7O2. The van der Waals surface area contributed by atoms with Crippen LogP contribution in [0.25, 0.3) is 5.69 Å². The molecule has 0 aliphatic carbocycles. The molecule has 3 aromatic rings. The fraction of sp³-hybridized carbons (Fsp3) is 0.474. The molecule has 0 saturated heterocycles. The average Bonchev–Trinajstić information content (AvgIpc) is 3.31. The number of hydrogen-bond donors (Lipinski definition) is 1. The highest BCUT2D eigenvalue weighted by atomic mass is 16.5. The molecule has 148 valence electrons. The van der Waals surface area contributed by atoms with E-state index in [1.807, 2.05) is 52.0 Å². The van der Waals surface area contributed by atoms with Crippen LogP contribution >= 0.6 is 0 Å². The second-order valence-corrected chi connectivity index (χ2v) is 7.54. The zero-order valence-electron chi connectivity index (χ0n) is 16.6. The normalized spacial score (nSPS) is 11.6. The van der Waals surface area contributed by atoms with Gasteiger partial charge in [-0.05, 0) is 29.0 Å². The van der Waals surface area contributed by atoms with Crippen molar-refractivity contribution in [2.45, 2.75) is 58.8 Å². The van der Waals surface area contributed by atoms with Crippen molar-refractivity contribution in [2.75, 3.05) is 5.32 Å². The summed E-state index contributed by atoms with van der Waals surface area (Å²) < 4.78 is 6.91. The van der Waals surface area contributed by atoms with Gasteiger partial charge in [0.15, 0.2) is 11.6 Å². The van der Waals surface area contributed by atoms with E-state index in [0.717, 1.165) is 11.5 Å². The Morgan fingerprint density at radius 1 is 1.25 bits per heavy atom. The molecule has 2 aromatic heterocycles. The van der Waals surface area contributed by atoms with Crippen molar-refractivity contribution < 1.29 is 9.32 Å². The first-order valence-electron chi connectivity index (χ1n) is 9.38. The number of nitrogens with one attached hydrogen (secondary N) is 1. The van der Waals surface area contributed by atoms with Gasteiger partial charge in [-0.15, -0.1) is 5.10 Å². The third-order valence-electron chi connectivity index (χ3n) is 4.19. The van der Waals surface area contributed by atoms with Gasteiger partial charge in [-0.3, -0.25) is 4.79 Å². The standard InChI is InChI=1S/C19H25N7O2/c1-5-15-22-24-25-26(15)14-10-7-6-9-13(14)20-16(27)11-8-12-17-21-18(23-28-17)19(2,3)4/h6-7,9-10H,5,8,11-12H2,1-4H3,(H,20,27). The number of nitrogens with zero attached hydrogens (tertiary/aromatic N) is 6. The molecule has 0 aliphatic heterocycles. The minimum atomic E-state index is -0.156. The van der Waals surface area contributed by atoms with Crippen molar-refractivity contribution in [2.24, 2.45) is 0 Å². The molecule has 0 fully saturated rings. The molecule has 0 bridgehead atoms. The van der Waals surface area contributed by atoms with E-state index in [0.29, 0.717) is 43.1 Å². The van der Waals surface area contributed by atoms with E-state index >= 15 is 0 Å². The van der Waals surface area contributed by atoms with Crippen molar-refractivity contribution in [3.63, 3.8) is 0 Å². The molecule has 9 nitrogen and oxygen atoms in total. The maximum atomic E-state index is 12.4. The van der Waals surface area contributed by atoms with Crippen LogP contribution < -0.4 is 5.32 Å². The summed E-state index contributed by atoms with van der Waals surface area (Å²) in [5.74, 6) is 1.87. The Morgan fingerprint density at radius 2 is 2.04 bits per heavy atom. The Labute approximate surface area is 163 Å². The van der Waals surface area contributed by atoms with Crippen molar-refractivity contribution in [1.82, 2.24) is 30.3 Å². The van der Waals surface area contributed by atoms with E-state index in [1.54, 1.807) is 4.68 Å². The summed E-state index contributed by atoms with van der Waals surface area (Å²) in [4.78, 5) is 16.8. The van der Waals surface area contributed by atoms with Crippen molar-refractivity contribution in [3.8, 4) is 5.69 Å². The SMILES string of the molecule is CCc1nnnn1-c1ccccc1NC(=O)CCCc1nc(C(C)(C)C)no1. The van der Waals surface area contributed by atoms with Gasteiger partial charge in [0.05, 0.1) is 11.4 Å². The summed E-state index contributed by atoms with van der Waals surface area (Å²) in [5.41, 5.74) is 1.25. The number of aromatic nitrogens is 6. The van der Waals surface area contributed by atoms with Crippen LogP contribution in [-0.2, 0) is 23.1 Å². The van der Waals surface area contributed by atoms with E-state index < -0.39 is 0 Å². The lowest BCUT2D eigenvalue weighted by molar-refractivity contribution is -0.116. The molecule has 1 amide bonds. The fourth-order valence-electron chi connectivity index (χ4n) is 2.65. The Balaban J connectivity index is 1.59. The van der Waals surface area contributed by atoms with Gasteiger partial charge in [0.1, 0.15) is 0 Å². The van der Waals surface area contributed by atoms with E-state index in [2.05, 4.69) is 31.0 Å². The van der Waals surface area contributed by atoms with Gasteiger partial charge in [-0.2, -0.15) is 9.67 Å². The van der Waals surface area contributed by atoms with Crippen LogP contribution in [0.2, 0.25) is 0 Å². The maximum Gasteiger partial charge on any atom is 0.226 e. The van der Waals surface area contributed by atoms with Gasteiger partial charge in [0, 0.05) is 24.7 Å². The summed E-state index contributed by atoms with van der Waals surface area (Å²) in [6, 6.07) is 7.45. The van der Waals surface area contributed by atoms with Crippen molar-refractivity contribution in [1.29, 1.82) is 0 Å². The number of hydrogen-bond acceptors (Lipinski definition) is 7. The number of rotatable bonds is 7. The number of carbonyl (C=O) groups excluding carboxylic acids is 1. The Hall–Kier alpha value is -3.10. The van der Waals surface area contributed by atoms with Crippen LogP contribution in [0.4, 0.5) is 5.69 Å². The summed E-state index contributed by atoms with van der Waals surface area (Å²) in [5, 5.41) is 18.7. The molecule has 1 aromatic carbocycles. The highest BCUT2D eigenvalue weighted by Crippen LogP contribution is 2.21. The lowest BCUT2D eigenvalue weighted by atomic mass is 9.96. The van der Waals surface area contributed by atoms with Crippen LogP contribution in [0.15, 0.2) is 28.8 Å². The summed E-state index contributed by atoms with van der Waals surface area (Å²) in [7, 11) is 0. The molecule has 0 spiro atoms. The highest BCUT2D eigenvalue weighted by Gasteiger charge is 2.21. The minimum Gasteiger partial charge on any atom is -0.339 e. The molecule has 2 heterocycles. The molecule has 0 radical (unpaired) electrons. The Bertz CT molecular complexity index is 940. The monoisotopic (exact) mass is 383 g/mol. The van der Waals surface area contributed by atoms with E-state index in [9.17, 15) is 4.79 Å². The van der Waals surface area contributed by atoms with Crippen LogP contribution in [-0.4, -0.2) is 36.3 Å². The number of para-hydroxylation sites is 2. The smallest absolute Gasteiger partial charge is 0.226 e. The minimum absolute atomic E-state index is 0.0888. The summed E-state index contributed by atoms with van der Waals surface area (Å²) in [6.45, 7) is 8.06. The van der Waals surface area contributed by atoms with Crippen molar-refractivity contribution >= 4 is 11.6 Å². The third-order valence-corrected chi connectivity index (χ3v) is 4.19. The maximum absolute atomic E-state index is 12.4. The van der Waals surface area contributed by atoms with Crippen molar-refractivity contribution in [3.05, 3.63) is 41.8 Å². The molecule has 0 unspecified atom stereocenters. The molecule has 1 N–H and O–H groups in total. The van der Waals surface area contributed by atoms with E-state index in [1.165, 1.54) is 0 Å². The number of aryl methyl sites for hydroxylation is 2. The van der Waals surface area contributed by atoms with Gasteiger partial charge in [0.2, 0.25) is 11.8 Å². The lowest BCUT2D eigenvalue weighted by Gasteiger charge is -2.11. The third kappa shape index (κ3) is 4.59. The zero-order valence-corrected chi connectivity index (χ0v) is 16.6. The van der Waals surface area contributed by atoms with Gasteiger partial charge in [-0.1, -0.05) is 45.0 Å². The quantitative estimate of drug-likeness (QED) is 0.667. The van der Waals surface area contributed by atoms with Gasteiger partial charge in [-0.25, -0.2) is 0 Å². The predicted octanol–water partition coefficient (Wildman–Crippen LogP) is 2.87. The lowest BCUT2D eigenvalue weighted by Crippen LogP contribution is -2.15. The fourth-order valence-corrected chi connectivity index (χ4v) is 2.65. The van der Waals surface area contributed by atoms with Crippen LogP contribution in [0.1, 0.15) is 58.1 Å². The first-order chi connectivity index (χ1) is 13.4. The zero-order chi connectivity index (χ0) is 20.1. The summed E-state index contributed by atoms with van der Waals surface area (Å²) >= 11 is 0. The molecule has 9 heteroatoms. The molecule has 0 aliphatic rings. The first kappa shape index (κ1) is 19.7. The van der Waals surface area contributed by atoms with Gasteiger partial charge >= 0.3 is 0 Å². The van der Waals surface area contributed by atoms with Crippen LogP contribution in [0, 0.1) is 0 Å². The van der Waals surface area contributed by atoms with E-state index in [4.69, 9.17) is 4.52 Å². The van der Waals surface area contributed by atoms with E-state index in [-0.39, 0.29) is 11.3 Å². The molecular weight excluding hydrogens is 358 g/mol. The molecule has 0 saturated carbocycles. The van der Waals surface area contributed by atoms with Gasteiger partial charge < -0.3 is 9.84 Å². The summed E-state index contributed by atoms with van der Waals surface area (Å²) in [6.07, 6.45) is 2.21. The average molecular weight is 383 g/mol. The first-order valence-corrected chi connectivity index (χ1v) is 9.38. The van der Waals surface area contributed by atoms with Crippen LogP contribution in [0.5, 0.6) is 0 Å². The van der Waals surface area contributed by atoms with Crippen LogP contribution in [0.3, 0.4) is 0 Å². The number of benzene rings is 1. The molecule has 0 atom stereocenters. The number of amides is 1.